The molecule has 1 fully saturated rings. The summed E-state index contributed by atoms with van der Waals surface area (Å²) in [5.74, 6) is -1.49. The highest BCUT2D eigenvalue weighted by atomic mass is 19.1. The highest BCUT2D eigenvalue weighted by Gasteiger charge is 2.28. The van der Waals surface area contributed by atoms with Gasteiger partial charge in [-0.2, -0.15) is 0 Å². The molecule has 1 N–H and O–H groups in total. The molecule has 160 valence electrons. The van der Waals surface area contributed by atoms with Crippen LogP contribution in [0.15, 0.2) is 60.7 Å². The first-order valence-corrected chi connectivity index (χ1v) is 10.5. The van der Waals surface area contributed by atoms with Gasteiger partial charge in [0.15, 0.2) is 0 Å². The molecule has 0 bridgehead atoms. The molecule has 4 rings (SSSR count). The third kappa shape index (κ3) is 4.90. The topological polar surface area (TPSA) is 49.4 Å². The van der Waals surface area contributed by atoms with E-state index in [-0.39, 0.29) is 17.7 Å². The van der Waals surface area contributed by atoms with Crippen molar-refractivity contribution in [1.82, 2.24) is 10.2 Å². The number of nitrogens with zero attached hydrogens (tertiary/aromatic N) is 1. The monoisotopic (exact) mass is 422 g/mol. The molecule has 0 aromatic heterocycles. The Kier molecular flexibility index (Phi) is 6.26. The van der Waals surface area contributed by atoms with Crippen LogP contribution < -0.4 is 5.32 Å². The van der Waals surface area contributed by atoms with Gasteiger partial charge in [-0.25, -0.2) is 8.78 Å². The lowest BCUT2D eigenvalue weighted by molar-refractivity contribution is -0.126. The van der Waals surface area contributed by atoms with Gasteiger partial charge in [0, 0.05) is 37.2 Å². The van der Waals surface area contributed by atoms with Gasteiger partial charge >= 0.3 is 0 Å². The molecule has 1 aliphatic heterocycles. The standard InChI is InChI=1S/C25H24F2N2O2/c26-20-14-17(15-21(27)16-20)8-11-28-24(30)19-9-12-29(13-10-19)25(31)23-7-3-5-18-4-1-2-6-22(18)23/h1-7,14-16,19H,8-13H2,(H,28,30). The molecule has 3 aromatic rings. The van der Waals surface area contributed by atoms with Crippen LogP contribution in [0, 0.1) is 17.6 Å². The Morgan fingerprint density at radius 3 is 2.35 bits per heavy atom. The molecule has 1 aliphatic rings. The summed E-state index contributed by atoms with van der Waals surface area (Å²) in [7, 11) is 0. The Balaban J connectivity index is 1.30. The van der Waals surface area contributed by atoms with Gasteiger partial charge in [-0.05, 0) is 53.8 Å². The third-order valence-electron chi connectivity index (χ3n) is 5.81. The minimum absolute atomic E-state index is 0.0104. The van der Waals surface area contributed by atoms with Gasteiger partial charge in [0.1, 0.15) is 11.6 Å². The molecule has 0 spiro atoms. The molecule has 4 nitrogen and oxygen atoms in total. The number of fused-ring (bicyclic) bond motifs is 1. The van der Waals surface area contributed by atoms with Crippen molar-refractivity contribution in [3.8, 4) is 0 Å². The van der Waals surface area contributed by atoms with Crippen LogP contribution in [0.1, 0.15) is 28.8 Å². The number of hydrogen-bond acceptors (Lipinski definition) is 2. The summed E-state index contributed by atoms with van der Waals surface area (Å²) < 4.78 is 26.5. The van der Waals surface area contributed by atoms with Crippen LogP contribution in [-0.4, -0.2) is 36.3 Å². The number of piperidine rings is 1. The van der Waals surface area contributed by atoms with Crippen molar-refractivity contribution in [3.63, 3.8) is 0 Å². The van der Waals surface area contributed by atoms with Crippen molar-refractivity contribution in [2.24, 2.45) is 5.92 Å². The van der Waals surface area contributed by atoms with Gasteiger partial charge in [0.05, 0.1) is 0 Å². The van der Waals surface area contributed by atoms with Gasteiger partial charge in [-0.15, -0.1) is 0 Å². The van der Waals surface area contributed by atoms with E-state index < -0.39 is 11.6 Å². The molecular formula is C25H24F2N2O2. The van der Waals surface area contributed by atoms with E-state index in [4.69, 9.17) is 0 Å². The average Bonchev–Trinajstić information content (AvgIpc) is 2.77. The number of halogens is 2. The molecule has 1 saturated heterocycles. The molecule has 31 heavy (non-hydrogen) atoms. The fourth-order valence-corrected chi connectivity index (χ4v) is 4.16. The van der Waals surface area contributed by atoms with E-state index in [9.17, 15) is 18.4 Å². The maximum absolute atomic E-state index is 13.3. The van der Waals surface area contributed by atoms with Crippen molar-refractivity contribution in [1.29, 1.82) is 0 Å². The van der Waals surface area contributed by atoms with Crippen molar-refractivity contribution < 1.29 is 18.4 Å². The second kappa shape index (κ2) is 9.25. The summed E-state index contributed by atoms with van der Waals surface area (Å²) in [6, 6.07) is 16.9. The summed E-state index contributed by atoms with van der Waals surface area (Å²) in [5, 5.41) is 4.81. The number of rotatable bonds is 5. The van der Waals surface area contributed by atoms with Gasteiger partial charge < -0.3 is 10.2 Å². The van der Waals surface area contributed by atoms with Crippen LogP contribution in [0.25, 0.3) is 10.8 Å². The zero-order valence-corrected chi connectivity index (χ0v) is 17.1. The first-order chi connectivity index (χ1) is 15.0. The predicted octanol–water partition coefficient (Wildman–Crippen LogP) is 4.33. The number of amides is 2. The second-order valence-corrected chi connectivity index (χ2v) is 7.91. The van der Waals surface area contributed by atoms with Crippen molar-refractivity contribution >= 4 is 22.6 Å². The molecule has 6 heteroatoms. The van der Waals surface area contributed by atoms with Gasteiger partial charge in [0.2, 0.25) is 5.91 Å². The molecule has 0 aliphatic carbocycles. The van der Waals surface area contributed by atoms with Crippen LogP contribution >= 0.6 is 0 Å². The number of carbonyl (C=O) groups is 2. The summed E-state index contributed by atoms with van der Waals surface area (Å²) in [4.78, 5) is 27.3. The fraction of sp³-hybridized carbons (Fsp3) is 0.280. The highest BCUT2D eigenvalue weighted by molar-refractivity contribution is 6.07. The lowest BCUT2D eigenvalue weighted by Crippen LogP contribution is -2.43. The number of nitrogens with one attached hydrogen (secondary N) is 1. The molecular weight excluding hydrogens is 398 g/mol. The van der Waals surface area contributed by atoms with E-state index in [0.29, 0.717) is 50.0 Å². The quantitative estimate of drug-likeness (QED) is 0.666. The SMILES string of the molecule is O=C(NCCc1cc(F)cc(F)c1)C1CCN(C(=O)c2cccc3ccccc23)CC1. The van der Waals surface area contributed by atoms with E-state index >= 15 is 0 Å². The Morgan fingerprint density at radius 1 is 0.935 bits per heavy atom. The van der Waals surface area contributed by atoms with E-state index in [1.807, 2.05) is 42.5 Å². The van der Waals surface area contributed by atoms with Crippen molar-refractivity contribution in [2.75, 3.05) is 19.6 Å². The Hall–Kier alpha value is -3.28. The molecule has 0 atom stereocenters. The summed E-state index contributed by atoms with van der Waals surface area (Å²) in [5.41, 5.74) is 1.19. The minimum Gasteiger partial charge on any atom is -0.356 e. The molecule has 2 amide bonds. The molecule has 0 unspecified atom stereocenters. The van der Waals surface area contributed by atoms with E-state index in [1.165, 1.54) is 12.1 Å². The number of benzene rings is 3. The van der Waals surface area contributed by atoms with Crippen molar-refractivity contribution in [3.05, 3.63) is 83.4 Å². The van der Waals surface area contributed by atoms with E-state index in [2.05, 4.69) is 5.32 Å². The first-order valence-electron chi connectivity index (χ1n) is 10.5. The average molecular weight is 422 g/mol. The Bertz CT molecular complexity index is 1080. The molecule has 0 saturated carbocycles. The second-order valence-electron chi connectivity index (χ2n) is 7.91. The van der Waals surface area contributed by atoms with Crippen LogP contribution in [0.4, 0.5) is 8.78 Å². The lowest BCUT2D eigenvalue weighted by atomic mass is 9.94. The normalized spacial score (nSPS) is 14.6. The largest absolute Gasteiger partial charge is 0.356 e. The fourth-order valence-electron chi connectivity index (χ4n) is 4.16. The maximum Gasteiger partial charge on any atom is 0.254 e. The lowest BCUT2D eigenvalue weighted by Gasteiger charge is -2.31. The molecule has 1 heterocycles. The molecule has 3 aromatic carbocycles. The number of hydrogen-bond donors (Lipinski definition) is 1. The third-order valence-corrected chi connectivity index (χ3v) is 5.81. The Morgan fingerprint density at radius 2 is 1.61 bits per heavy atom. The van der Waals surface area contributed by atoms with Crippen LogP contribution in [-0.2, 0) is 11.2 Å². The van der Waals surface area contributed by atoms with Crippen LogP contribution in [0.5, 0.6) is 0 Å². The zero-order chi connectivity index (χ0) is 21.8. The van der Waals surface area contributed by atoms with Gasteiger partial charge in [0.25, 0.3) is 5.91 Å². The molecule has 0 radical (unpaired) electrons. The minimum atomic E-state index is -0.621. The number of likely N-dealkylation sites (tertiary alicyclic amines) is 1. The summed E-state index contributed by atoms with van der Waals surface area (Å²) in [6.07, 6.45) is 1.55. The van der Waals surface area contributed by atoms with E-state index in [1.54, 1.807) is 4.90 Å². The predicted molar refractivity (Wildman–Crippen MR) is 116 cm³/mol. The van der Waals surface area contributed by atoms with Crippen LogP contribution in [0.2, 0.25) is 0 Å². The Labute approximate surface area is 179 Å². The van der Waals surface area contributed by atoms with Gasteiger partial charge in [-0.1, -0.05) is 36.4 Å². The van der Waals surface area contributed by atoms with Crippen molar-refractivity contribution in [2.45, 2.75) is 19.3 Å². The van der Waals surface area contributed by atoms with Gasteiger partial charge in [-0.3, -0.25) is 9.59 Å². The van der Waals surface area contributed by atoms with Crippen LogP contribution in [0.3, 0.4) is 0 Å². The number of carbonyl (C=O) groups excluding carboxylic acids is 2. The summed E-state index contributed by atoms with van der Waals surface area (Å²) in [6.45, 7) is 1.36. The maximum atomic E-state index is 13.3. The van der Waals surface area contributed by atoms with E-state index in [0.717, 1.165) is 16.8 Å². The zero-order valence-electron chi connectivity index (χ0n) is 17.1. The smallest absolute Gasteiger partial charge is 0.254 e. The summed E-state index contributed by atoms with van der Waals surface area (Å²) >= 11 is 0. The highest BCUT2D eigenvalue weighted by Crippen LogP contribution is 2.23. The first kappa shape index (κ1) is 21.0.